The first-order chi connectivity index (χ1) is 16.4. The van der Waals surface area contributed by atoms with Gasteiger partial charge in [-0.2, -0.15) is 8.78 Å². The number of hydrogen-bond donors (Lipinski definition) is 1. The Balaban J connectivity index is 1.51. The van der Waals surface area contributed by atoms with Crippen molar-refractivity contribution in [3.63, 3.8) is 0 Å². The van der Waals surface area contributed by atoms with Crippen LogP contribution < -0.4 is 0 Å². The molecule has 2 aromatic heterocycles. The van der Waals surface area contributed by atoms with E-state index in [9.17, 15) is 23.1 Å². The second kappa shape index (κ2) is 8.71. The molecule has 1 aliphatic heterocycles. The normalized spacial score (nSPS) is 15.0. The molecule has 10 heteroatoms. The lowest BCUT2D eigenvalue weighted by atomic mass is 9.97. The average Bonchev–Trinajstić information content (AvgIpc) is 3.46. The number of aliphatic hydroxyl groups excluding tert-OH is 1. The third-order valence-electron chi connectivity index (χ3n) is 5.63. The molecule has 0 saturated carbocycles. The van der Waals surface area contributed by atoms with Gasteiger partial charge in [0, 0.05) is 23.9 Å². The summed E-state index contributed by atoms with van der Waals surface area (Å²) in [5.74, 6) is -1.86. The van der Waals surface area contributed by atoms with Crippen LogP contribution in [0.4, 0.5) is 13.2 Å². The summed E-state index contributed by atoms with van der Waals surface area (Å²) < 4.78 is 44.5. The number of nitrogens with zero attached hydrogens (tertiary/aromatic N) is 4. The minimum absolute atomic E-state index is 0.134. The number of aromatic nitrogens is 3. The summed E-state index contributed by atoms with van der Waals surface area (Å²) in [4.78, 5) is 19.2. The lowest BCUT2D eigenvalue weighted by Gasteiger charge is -2.31. The van der Waals surface area contributed by atoms with Crippen LogP contribution in [-0.4, -0.2) is 31.1 Å². The van der Waals surface area contributed by atoms with Crippen molar-refractivity contribution in [3.05, 3.63) is 101 Å². The van der Waals surface area contributed by atoms with Gasteiger partial charge in [0.25, 0.3) is 11.8 Å². The van der Waals surface area contributed by atoms with Gasteiger partial charge in [-0.1, -0.05) is 24.3 Å². The van der Waals surface area contributed by atoms with Gasteiger partial charge >= 0.3 is 6.43 Å². The quantitative estimate of drug-likeness (QED) is 0.445. The van der Waals surface area contributed by atoms with Gasteiger partial charge in [0.05, 0.1) is 5.69 Å². The molecule has 2 unspecified atom stereocenters. The lowest BCUT2D eigenvalue weighted by molar-refractivity contribution is 0.0346. The van der Waals surface area contributed by atoms with E-state index in [1.54, 1.807) is 42.6 Å². The summed E-state index contributed by atoms with van der Waals surface area (Å²) in [6.07, 6.45) is -2.62. The van der Waals surface area contributed by atoms with Crippen molar-refractivity contribution in [2.45, 2.75) is 25.1 Å². The maximum absolute atomic E-state index is 13.8. The van der Waals surface area contributed by atoms with Gasteiger partial charge in [-0.25, -0.2) is 4.39 Å². The zero-order valence-corrected chi connectivity index (χ0v) is 17.5. The molecule has 0 aliphatic carbocycles. The van der Waals surface area contributed by atoms with Crippen molar-refractivity contribution in [3.8, 4) is 11.5 Å². The van der Waals surface area contributed by atoms with Crippen LogP contribution in [0.2, 0.25) is 0 Å². The van der Waals surface area contributed by atoms with Crippen LogP contribution in [0.25, 0.3) is 11.5 Å². The summed E-state index contributed by atoms with van der Waals surface area (Å²) in [6.45, 7) is 0.161. The van der Waals surface area contributed by atoms with Gasteiger partial charge in [0.1, 0.15) is 18.0 Å². The topological polar surface area (TPSA) is 92.4 Å². The van der Waals surface area contributed by atoms with Crippen LogP contribution in [0.3, 0.4) is 0 Å². The monoisotopic (exact) mass is 466 g/mol. The highest BCUT2D eigenvalue weighted by Crippen LogP contribution is 2.39. The van der Waals surface area contributed by atoms with Gasteiger partial charge in [0.15, 0.2) is 0 Å². The first-order valence-corrected chi connectivity index (χ1v) is 10.3. The summed E-state index contributed by atoms with van der Waals surface area (Å²) in [6, 6.07) is 14.5. The summed E-state index contributed by atoms with van der Waals surface area (Å²) in [7, 11) is 0. The molecule has 0 saturated heterocycles. The van der Waals surface area contributed by atoms with Crippen molar-refractivity contribution in [1.29, 1.82) is 0 Å². The Hall–Kier alpha value is -4.05. The van der Waals surface area contributed by atoms with Crippen molar-refractivity contribution in [2.24, 2.45) is 0 Å². The van der Waals surface area contributed by atoms with Crippen molar-refractivity contribution in [2.75, 3.05) is 0 Å². The Kier molecular flexibility index (Phi) is 5.58. The Labute approximate surface area is 191 Å². The minimum Gasteiger partial charge on any atom is -0.415 e. The number of hydrogen-bond acceptors (Lipinski definition) is 6. The smallest absolute Gasteiger partial charge is 0.314 e. The summed E-state index contributed by atoms with van der Waals surface area (Å²) in [5.41, 5.74) is 2.01. The molecular formula is C24H17F3N4O3. The van der Waals surface area contributed by atoms with E-state index < -0.39 is 36.2 Å². The van der Waals surface area contributed by atoms with Crippen molar-refractivity contribution < 1.29 is 27.5 Å². The molecule has 172 valence electrons. The first-order valence-electron chi connectivity index (χ1n) is 10.3. The molecule has 2 aromatic carbocycles. The molecule has 0 bridgehead atoms. The van der Waals surface area contributed by atoms with Crippen LogP contribution in [0.15, 0.2) is 71.3 Å². The number of pyridine rings is 1. The molecule has 0 spiro atoms. The van der Waals surface area contributed by atoms with E-state index in [1.165, 1.54) is 29.2 Å². The zero-order chi connectivity index (χ0) is 23.8. The number of halogens is 3. The highest BCUT2D eigenvalue weighted by Gasteiger charge is 2.39. The summed E-state index contributed by atoms with van der Waals surface area (Å²) in [5, 5.41) is 18.1. The second-order valence-corrected chi connectivity index (χ2v) is 7.75. The Morgan fingerprint density at radius 2 is 1.88 bits per heavy atom. The molecule has 0 fully saturated rings. The molecule has 1 aliphatic rings. The van der Waals surface area contributed by atoms with Crippen LogP contribution in [0, 0.1) is 5.82 Å². The molecular weight excluding hydrogens is 449 g/mol. The van der Waals surface area contributed by atoms with Crippen LogP contribution in [-0.2, 0) is 6.54 Å². The van der Waals surface area contributed by atoms with E-state index in [0.717, 1.165) is 0 Å². The minimum atomic E-state index is -2.91. The van der Waals surface area contributed by atoms with E-state index >= 15 is 0 Å². The number of alkyl halides is 2. The Morgan fingerprint density at radius 3 is 2.59 bits per heavy atom. The fraction of sp³-hybridized carbons (Fsp3) is 0.167. The predicted molar refractivity (Wildman–Crippen MR) is 113 cm³/mol. The van der Waals surface area contributed by atoms with Gasteiger partial charge < -0.3 is 14.4 Å². The first kappa shape index (κ1) is 21.8. The van der Waals surface area contributed by atoms with Crippen molar-refractivity contribution >= 4 is 5.91 Å². The number of benzene rings is 2. The zero-order valence-electron chi connectivity index (χ0n) is 17.5. The average molecular weight is 466 g/mol. The predicted octanol–water partition coefficient (Wildman–Crippen LogP) is 4.64. The molecule has 0 radical (unpaired) electrons. The maximum Gasteiger partial charge on any atom is 0.314 e. The number of carbonyl (C=O) groups excluding carboxylic acids is 1. The SMILES string of the molecule is O=C1c2cc(-c3nnc(C(F)F)o3)ccc2CN1C(c1ccccn1)C(O)c1cccc(F)c1. The number of fused-ring (bicyclic) bond motifs is 1. The third-order valence-corrected chi connectivity index (χ3v) is 5.63. The van der Waals surface area contributed by atoms with Gasteiger partial charge in [0.2, 0.25) is 5.89 Å². The number of amides is 1. The molecule has 4 aromatic rings. The Morgan fingerprint density at radius 1 is 1.03 bits per heavy atom. The van der Waals surface area contributed by atoms with Crippen LogP contribution in [0.1, 0.15) is 51.6 Å². The standard InChI is InChI=1S/C24H17F3N4O3/c25-16-5-3-4-13(10-16)20(32)19(18-6-1-2-9-28-18)31-12-15-8-7-14(11-17(15)24(31)33)22-29-30-23(34-22)21(26)27/h1-11,19-21,32H,12H2. The van der Waals surface area contributed by atoms with Crippen LogP contribution in [0.5, 0.6) is 0 Å². The van der Waals surface area contributed by atoms with E-state index in [0.29, 0.717) is 27.9 Å². The molecule has 5 rings (SSSR count). The van der Waals surface area contributed by atoms with Crippen LogP contribution >= 0.6 is 0 Å². The number of rotatable bonds is 6. The third kappa shape index (κ3) is 3.92. The van der Waals surface area contributed by atoms with Gasteiger partial charge in [-0.05, 0) is 47.5 Å². The van der Waals surface area contributed by atoms with E-state index in [-0.39, 0.29) is 12.4 Å². The fourth-order valence-electron chi connectivity index (χ4n) is 4.04. The van der Waals surface area contributed by atoms with Gasteiger partial charge in [-0.15, -0.1) is 10.2 Å². The molecule has 7 nitrogen and oxygen atoms in total. The maximum atomic E-state index is 13.8. The Bertz CT molecular complexity index is 1350. The highest BCUT2D eigenvalue weighted by atomic mass is 19.3. The second-order valence-electron chi connectivity index (χ2n) is 7.75. The molecule has 1 amide bonds. The molecule has 34 heavy (non-hydrogen) atoms. The number of aliphatic hydroxyl groups is 1. The summed E-state index contributed by atoms with van der Waals surface area (Å²) >= 11 is 0. The lowest BCUT2D eigenvalue weighted by Crippen LogP contribution is -2.34. The highest BCUT2D eigenvalue weighted by molar-refractivity contribution is 5.99. The largest absolute Gasteiger partial charge is 0.415 e. The van der Waals surface area contributed by atoms with Gasteiger partial charge in [-0.3, -0.25) is 9.78 Å². The fourth-order valence-corrected chi connectivity index (χ4v) is 4.04. The molecule has 1 N–H and O–H groups in total. The number of carbonyl (C=O) groups is 1. The van der Waals surface area contributed by atoms with Crippen molar-refractivity contribution in [1.82, 2.24) is 20.1 Å². The van der Waals surface area contributed by atoms with E-state index in [4.69, 9.17) is 4.42 Å². The van der Waals surface area contributed by atoms with E-state index in [2.05, 4.69) is 15.2 Å². The molecule has 3 heterocycles. The molecule has 2 atom stereocenters. The van der Waals surface area contributed by atoms with E-state index in [1.807, 2.05) is 0 Å².